The normalized spacial score (nSPS) is 12.1. The van der Waals surface area contributed by atoms with E-state index >= 15 is 0 Å². The number of aromatic nitrogens is 2. The van der Waals surface area contributed by atoms with E-state index in [0.29, 0.717) is 6.54 Å². The Hall–Kier alpha value is -2.14. The van der Waals surface area contributed by atoms with Crippen molar-refractivity contribution in [2.75, 3.05) is 0 Å². The average molecular weight is 245 g/mol. The number of nitrogens with one attached hydrogen (secondary N) is 1. The minimum atomic E-state index is -0.977. The molecule has 0 aliphatic rings. The summed E-state index contributed by atoms with van der Waals surface area (Å²) in [6.07, 6.45) is 4.33. The maximum Gasteiger partial charge on any atom is 0.248 e. The lowest BCUT2D eigenvalue weighted by molar-refractivity contribution is -0.128. The molecule has 1 amide bonds. The largest absolute Gasteiger partial charge is 0.384 e. The van der Waals surface area contributed by atoms with Crippen molar-refractivity contribution < 1.29 is 9.90 Å². The predicted octanol–water partition coefficient (Wildman–Crippen LogP) is 0.869. The third kappa shape index (κ3) is 2.95. The number of nitrogens with zero attached hydrogens (tertiary/aromatic N) is 2. The Kier molecular flexibility index (Phi) is 3.74. The second-order valence-electron chi connectivity index (χ2n) is 4.03. The van der Waals surface area contributed by atoms with Crippen LogP contribution in [0.1, 0.15) is 12.5 Å². The van der Waals surface area contributed by atoms with Crippen molar-refractivity contribution in [1.82, 2.24) is 14.9 Å². The van der Waals surface area contributed by atoms with Gasteiger partial charge in [-0.05, 0) is 24.6 Å². The monoisotopic (exact) mass is 245 g/mol. The molecule has 0 aliphatic carbocycles. The molecule has 0 spiro atoms. The van der Waals surface area contributed by atoms with E-state index in [9.17, 15) is 4.79 Å². The molecule has 0 fully saturated rings. The Morgan fingerprint density at radius 3 is 2.72 bits per heavy atom. The van der Waals surface area contributed by atoms with Crippen molar-refractivity contribution in [1.29, 1.82) is 0 Å². The van der Waals surface area contributed by atoms with Crippen LogP contribution >= 0.6 is 0 Å². The van der Waals surface area contributed by atoms with Crippen molar-refractivity contribution in [2.45, 2.75) is 19.6 Å². The third-order valence-corrected chi connectivity index (χ3v) is 2.59. The Bertz CT molecular complexity index is 504. The third-order valence-electron chi connectivity index (χ3n) is 2.59. The molecule has 0 aliphatic heterocycles. The molecule has 5 nitrogen and oxygen atoms in total. The van der Waals surface area contributed by atoms with Gasteiger partial charge in [-0.25, -0.2) is 4.98 Å². The zero-order valence-corrected chi connectivity index (χ0v) is 10.1. The van der Waals surface area contributed by atoms with Gasteiger partial charge in [0.1, 0.15) is 6.10 Å². The van der Waals surface area contributed by atoms with Gasteiger partial charge < -0.3 is 15.0 Å². The molecule has 18 heavy (non-hydrogen) atoms. The summed E-state index contributed by atoms with van der Waals surface area (Å²) in [5.41, 5.74) is 1.99. The van der Waals surface area contributed by atoms with E-state index < -0.39 is 6.10 Å². The minimum Gasteiger partial charge on any atom is -0.384 e. The Morgan fingerprint density at radius 1 is 1.44 bits per heavy atom. The molecule has 1 heterocycles. The molecular weight excluding hydrogens is 230 g/mol. The fourth-order valence-corrected chi connectivity index (χ4v) is 1.53. The van der Waals surface area contributed by atoms with Gasteiger partial charge in [0.2, 0.25) is 5.91 Å². The molecule has 0 saturated heterocycles. The minimum absolute atomic E-state index is 0.367. The van der Waals surface area contributed by atoms with Crippen LogP contribution in [0.25, 0.3) is 5.69 Å². The number of aliphatic hydroxyl groups is 1. The smallest absolute Gasteiger partial charge is 0.248 e. The van der Waals surface area contributed by atoms with Gasteiger partial charge in [-0.1, -0.05) is 12.1 Å². The van der Waals surface area contributed by atoms with Crippen LogP contribution in [0.5, 0.6) is 0 Å². The van der Waals surface area contributed by atoms with E-state index in [1.807, 2.05) is 35.0 Å². The number of imidazole rings is 1. The van der Waals surface area contributed by atoms with Crippen LogP contribution in [0.15, 0.2) is 43.0 Å². The van der Waals surface area contributed by atoms with Crippen LogP contribution in [0.3, 0.4) is 0 Å². The summed E-state index contributed by atoms with van der Waals surface area (Å²) in [4.78, 5) is 15.2. The number of benzene rings is 1. The Balaban J connectivity index is 1.98. The second kappa shape index (κ2) is 5.46. The van der Waals surface area contributed by atoms with E-state index in [2.05, 4.69) is 10.3 Å². The fourth-order valence-electron chi connectivity index (χ4n) is 1.53. The van der Waals surface area contributed by atoms with Gasteiger partial charge in [0.05, 0.1) is 6.33 Å². The highest BCUT2D eigenvalue weighted by atomic mass is 16.3. The maximum atomic E-state index is 11.2. The van der Waals surface area contributed by atoms with Gasteiger partial charge in [0.15, 0.2) is 0 Å². The summed E-state index contributed by atoms with van der Waals surface area (Å²) in [5, 5.41) is 11.7. The number of carbonyl (C=O) groups is 1. The standard InChI is InChI=1S/C13H15N3O2/c1-10(17)13(18)15-8-11-2-4-12(5-3-11)16-7-6-14-9-16/h2-7,9-10,17H,8H2,1H3,(H,15,18). The number of carbonyl (C=O) groups excluding carboxylic acids is 1. The summed E-state index contributed by atoms with van der Waals surface area (Å²) in [6.45, 7) is 1.85. The van der Waals surface area contributed by atoms with Crippen LogP contribution in [0.2, 0.25) is 0 Å². The number of rotatable bonds is 4. The molecule has 0 bridgehead atoms. The molecule has 0 radical (unpaired) electrons. The van der Waals surface area contributed by atoms with Gasteiger partial charge in [-0.15, -0.1) is 0 Å². The molecule has 2 rings (SSSR count). The van der Waals surface area contributed by atoms with E-state index in [0.717, 1.165) is 11.3 Å². The second-order valence-corrected chi connectivity index (χ2v) is 4.03. The molecule has 94 valence electrons. The molecule has 1 aromatic carbocycles. The van der Waals surface area contributed by atoms with Crippen molar-refractivity contribution in [3.8, 4) is 5.69 Å². The molecular formula is C13H15N3O2. The first-order valence-electron chi connectivity index (χ1n) is 5.70. The van der Waals surface area contributed by atoms with Crippen LogP contribution in [-0.4, -0.2) is 26.7 Å². The summed E-state index contributed by atoms with van der Waals surface area (Å²) in [6, 6.07) is 7.76. The Labute approximate surface area is 105 Å². The molecule has 5 heteroatoms. The summed E-state index contributed by atoms with van der Waals surface area (Å²) < 4.78 is 1.90. The van der Waals surface area contributed by atoms with Crippen LogP contribution in [0.4, 0.5) is 0 Å². The highest BCUT2D eigenvalue weighted by Crippen LogP contribution is 2.09. The van der Waals surface area contributed by atoms with Gasteiger partial charge in [-0.3, -0.25) is 4.79 Å². The number of amides is 1. The molecule has 1 unspecified atom stereocenters. The molecule has 2 aromatic rings. The highest BCUT2D eigenvalue weighted by Gasteiger charge is 2.07. The van der Waals surface area contributed by atoms with Gasteiger partial charge in [0, 0.05) is 24.6 Å². The van der Waals surface area contributed by atoms with E-state index in [4.69, 9.17) is 5.11 Å². The predicted molar refractivity (Wildman–Crippen MR) is 67.1 cm³/mol. The van der Waals surface area contributed by atoms with Gasteiger partial charge in [-0.2, -0.15) is 0 Å². The van der Waals surface area contributed by atoms with Crippen LogP contribution < -0.4 is 5.32 Å². The molecule has 0 saturated carbocycles. The topological polar surface area (TPSA) is 67.2 Å². The number of hydrogen-bond donors (Lipinski definition) is 2. The van der Waals surface area contributed by atoms with Crippen molar-refractivity contribution in [3.63, 3.8) is 0 Å². The first-order chi connectivity index (χ1) is 8.66. The fraction of sp³-hybridized carbons (Fsp3) is 0.231. The van der Waals surface area contributed by atoms with E-state index in [-0.39, 0.29) is 5.91 Å². The lowest BCUT2D eigenvalue weighted by Gasteiger charge is -2.08. The quantitative estimate of drug-likeness (QED) is 0.840. The van der Waals surface area contributed by atoms with Gasteiger partial charge in [0.25, 0.3) is 0 Å². The Morgan fingerprint density at radius 2 is 2.17 bits per heavy atom. The zero-order chi connectivity index (χ0) is 13.0. The summed E-state index contributed by atoms with van der Waals surface area (Å²) in [5.74, 6) is -0.367. The summed E-state index contributed by atoms with van der Waals surface area (Å²) >= 11 is 0. The SMILES string of the molecule is CC(O)C(=O)NCc1ccc(-n2ccnc2)cc1. The van der Waals surface area contributed by atoms with Crippen molar-refractivity contribution >= 4 is 5.91 Å². The average Bonchev–Trinajstić information content (AvgIpc) is 2.90. The lowest BCUT2D eigenvalue weighted by Crippen LogP contribution is -2.31. The molecule has 1 aromatic heterocycles. The van der Waals surface area contributed by atoms with E-state index in [1.165, 1.54) is 6.92 Å². The number of aliphatic hydroxyl groups excluding tert-OH is 1. The van der Waals surface area contributed by atoms with Crippen LogP contribution in [-0.2, 0) is 11.3 Å². The summed E-state index contributed by atoms with van der Waals surface area (Å²) in [7, 11) is 0. The first kappa shape index (κ1) is 12.3. The van der Waals surface area contributed by atoms with Crippen molar-refractivity contribution in [2.24, 2.45) is 0 Å². The molecule has 1 atom stereocenters. The van der Waals surface area contributed by atoms with E-state index in [1.54, 1.807) is 12.5 Å². The number of hydrogen-bond acceptors (Lipinski definition) is 3. The highest BCUT2D eigenvalue weighted by molar-refractivity contribution is 5.79. The van der Waals surface area contributed by atoms with Crippen molar-refractivity contribution in [3.05, 3.63) is 48.5 Å². The molecule has 2 N–H and O–H groups in total. The van der Waals surface area contributed by atoms with Crippen LogP contribution in [0, 0.1) is 0 Å². The lowest BCUT2D eigenvalue weighted by atomic mass is 10.2. The maximum absolute atomic E-state index is 11.2. The van der Waals surface area contributed by atoms with Gasteiger partial charge >= 0.3 is 0 Å². The zero-order valence-electron chi connectivity index (χ0n) is 10.1. The first-order valence-corrected chi connectivity index (χ1v) is 5.70.